The highest BCUT2D eigenvalue weighted by molar-refractivity contribution is 5.86. The Morgan fingerprint density at radius 1 is 1.42 bits per heavy atom. The van der Waals surface area contributed by atoms with E-state index in [2.05, 4.69) is 16.0 Å². The summed E-state index contributed by atoms with van der Waals surface area (Å²) < 4.78 is 5.27. The topological polar surface area (TPSA) is 117 Å². The van der Waals surface area contributed by atoms with Gasteiger partial charge in [0.05, 0.1) is 12.6 Å². The number of piperazine rings is 1. The Bertz CT molecular complexity index is 377. The molecular formula is C11H17N3O5. The largest absolute Gasteiger partial charge is 0.479 e. The van der Waals surface area contributed by atoms with Crippen LogP contribution < -0.4 is 16.0 Å². The molecule has 3 atom stereocenters. The Balaban J connectivity index is 1.69. The maximum atomic E-state index is 11.8. The Labute approximate surface area is 109 Å². The molecule has 0 aromatic carbocycles. The van der Waals surface area contributed by atoms with Crippen molar-refractivity contribution >= 4 is 17.8 Å². The van der Waals surface area contributed by atoms with Crippen LogP contribution in [0.25, 0.3) is 0 Å². The van der Waals surface area contributed by atoms with Crippen LogP contribution in [0, 0.1) is 0 Å². The van der Waals surface area contributed by atoms with Crippen LogP contribution in [0.15, 0.2) is 0 Å². The molecule has 2 saturated heterocycles. The third kappa shape index (κ3) is 3.65. The normalized spacial score (nSPS) is 30.7. The van der Waals surface area contributed by atoms with Gasteiger partial charge in [-0.25, -0.2) is 4.79 Å². The van der Waals surface area contributed by atoms with Gasteiger partial charge in [-0.2, -0.15) is 0 Å². The van der Waals surface area contributed by atoms with Crippen LogP contribution in [-0.2, 0) is 19.1 Å². The number of carboxylic acids is 1. The van der Waals surface area contributed by atoms with Crippen LogP contribution in [0.2, 0.25) is 0 Å². The number of nitrogens with one attached hydrogen (secondary N) is 3. The molecule has 0 bridgehead atoms. The van der Waals surface area contributed by atoms with E-state index in [0.717, 1.165) is 0 Å². The predicted molar refractivity (Wildman–Crippen MR) is 63.3 cm³/mol. The Morgan fingerprint density at radius 2 is 2.21 bits per heavy atom. The van der Waals surface area contributed by atoms with Crippen molar-refractivity contribution in [2.24, 2.45) is 0 Å². The molecule has 106 valence electrons. The number of rotatable bonds is 4. The Kier molecular flexibility index (Phi) is 4.33. The summed E-state index contributed by atoms with van der Waals surface area (Å²) in [5, 5.41) is 16.9. The number of aliphatic carboxylic acids is 1. The van der Waals surface area contributed by atoms with Gasteiger partial charge < -0.3 is 20.5 Å². The fourth-order valence-electron chi connectivity index (χ4n) is 2.13. The number of carbonyl (C=O) groups excluding carboxylic acids is 2. The highest BCUT2D eigenvalue weighted by Crippen LogP contribution is 2.19. The zero-order valence-corrected chi connectivity index (χ0v) is 10.3. The molecule has 4 N–H and O–H groups in total. The number of carbonyl (C=O) groups is 3. The first-order chi connectivity index (χ1) is 9.06. The average Bonchev–Trinajstić information content (AvgIpc) is 2.86. The van der Waals surface area contributed by atoms with Crippen molar-refractivity contribution in [1.29, 1.82) is 0 Å². The lowest BCUT2D eigenvalue weighted by Gasteiger charge is -2.23. The molecule has 0 aliphatic carbocycles. The summed E-state index contributed by atoms with van der Waals surface area (Å²) in [7, 11) is 0. The van der Waals surface area contributed by atoms with Gasteiger partial charge in [0.25, 0.3) is 0 Å². The molecule has 8 heteroatoms. The van der Waals surface area contributed by atoms with E-state index in [-0.39, 0.29) is 37.6 Å². The second-order valence-corrected chi connectivity index (χ2v) is 4.65. The van der Waals surface area contributed by atoms with Gasteiger partial charge in [0.1, 0.15) is 6.04 Å². The average molecular weight is 271 g/mol. The molecule has 3 unspecified atom stereocenters. The first kappa shape index (κ1) is 13.8. The smallest absolute Gasteiger partial charge is 0.332 e. The molecular weight excluding hydrogens is 254 g/mol. The zero-order valence-electron chi connectivity index (χ0n) is 10.3. The van der Waals surface area contributed by atoms with Crippen molar-refractivity contribution in [3.8, 4) is 0 Å². The van der Waals surface area contributed by atoms with E-state index >= 15 is 0 Å². The molecule has 2 amide bonds. The number of ether oxygens (including phenoxy) is 1. The summed E-state index contributed by atoms with van der Waals surface area (Å²) in [6.45, 7) is 0.668. The van der Waals surface area contributed by atoms with E-state index < -0.39 is 18.1 Å². The molecule has 2 heterocycles. The Morgan fingerprint density at radius 3 is 2.79 bits per heavy atom. The molecule has 0 spiro atoms. The SMILES string of the molecule is O=C1CNC(C(=O)NCC2CCC(C(=O)O)O2)CN1. The maximum Gasteiger partial charge on any atom is 0.332 e. The molecule has 2 fully saturated rings. The third-order valence-electron chi connectivity index (χ3n) is 3.22. The van der Waals surface area contributed by atoms with Gasteiger partial charge in [0.2, 0.25) is 11.8 Å². The van der Waals surface area contributed by atoms with Gasteiger partial charge >= 0.3 is 5.97 Å². The minimum absolute atomic E-state index is 0.124. The van der Waals surface area contributed by atoms with Crippen molar-refractivity contribution in [1.82, 2.24) is 16.0 Å². The lowest BCUT2D eigenvalue weighted by Crippen LogP contribution is -2.58. The highest BCUT2D eigenvalue weighted by Gasteiger charge is 2.31. The van der Waals surface area contributed by atoms with Crippen LogP contribution in [-0.4, -0.2) is 60.8 Å². The van der Waals surface area contributed by atoms with Gasteiger partial charge in [-0.05, 0) is 12.8 Å². The van der Waals surface area contributed by atoms with Gasteiger partial charge in [0, 0.05) is 13.1 Å². The minimum Gasteiger partial charge on any atom is -0.479 e. The number of hydrogen-bond donors (Lipinski definition) is 4. The van der Waals surface area contributed by atoms with Crippen LogP contribution in [0.4, 0.5) is 0 Å². The summed E-state index contributed by atoms with van der Waals surface area (Å²) in [5.41, 5.74) is 0. The summed E-state index contributed by atoms with van der Waals surface area (Å²) >= 11 is 0. The standard InChI is InChI=1S/C11H17N3O5/c15-9-5-12-7(4-13-9)10(16)14-3-6-1-2-8(19-6)11(17)18/h6-8,12H,1-5H2,(H,13,15)(H,14,16)(H,17,18). The van der Waals surface area contributed by atoms with Crippen LogP contribution in [0.3, 0.4) is 0 Å². The molecule has 19 heavy (non-hydrogen) atoms. The molecule has 8 nitrogen and oxygen atoms in total. The summed E-state index contributed by atoms with van der Waals surface area (Å²) in [4.78, 5) is 33.4. The van der Waals surface area contributed by atoms with Gasteiger partial charge in [0.15, 0.2) is 6.10 Å². The van der Waals surface area contributed by atoms with Gasteiger partial charge in [-0.1, -0.05) is 0 Å². The van der Waals surface area contributed by atoms with E-state index in [1.54, 1.807) is 0 Å². The minimum atomic E-state index is -0.967. The van der Waals surface area contributed by atoms with Crippen molar-refractivity contribution in [2.45, 2.75) is 31.1 Å². The van der Waals surface area contributed by atoms with Crippen molar-refractivity contribution < 1.29 is 24.2 Å². The lowest BCUT2D eigenvalue weighted by molar-refractivity contribution is -0.149. The maximum absolute atomic E-state index is 11.8. The van der Waals surface area contributed by atoms with Crippen molar-refractivity contribution in [2.75, 3.05) is 19.6 Å². The van der Waals surface area contributed by atoms with E-state index in [9.17, 15) is 14.4 Å². The van der Waals surface area contributed by atoms with Gasteiger partial charge in [-0.3, -0.25) is 14.9 Å². The molecule has 2 aliphatic heterocycles. The zero-order chi connectivity index (χ0) is 13.8. The first-order valence-electron chi connectivity index (χ1n) is 6.22. The van der Waals surface area contributed by atoms with Crippen LogP contribution in [0.1, 0.15) is 12.8 Å². The quantitative estimate of drug-likeness (QED) is 0.462. The fourth-order valence-corrected chi connectivity index (χ4v) is 2.13. The number of hydrogen-bond acceptors (Lipinski definition) is 5. The van der Waals surface area contributed by atoms with Crippen LogP contribution in [0.5, 0.6) is 0 Å². The van der Waals surface area contributed by atoms with E-state index in [4.69, 9.17) is 9.84 Å². The lowest BCUT2D eigenvalue weighted by atomic mass is 10.2. The highest BCUT2D eigenvalue weighted by atomic mass is 16.5. The number of carboxylic acid groups (broad SMARTS) is 1. The monoisotopic (exact) mass is 271 g/mol. The predicted octanol–water partition coefficient (Wildman–Crippen LogP) is -2.18. The fraction of sp³-hybridized carbons (Fsp3) is 0.727. The molecule has 2 aliphatic rings. The second-order valence-electron chi connectivity index (χ2n) is 4.65. The molecule has 2 rings (SSSR count). The van der Waals surface area contributed by atoms with E-state index in [1.807, 2.05) is 0 Å². The van der Waals surface area contributed by atoms with Crippen LogP contribution >= 0.6 is 0 Å². The summed E-state index contributed by atoms with van der Waals surface area (Å²) in [5.74, 6) is -1.32. The van der Waals surface area contributed by atoms with E-state index in [1.165, 1.54) is 0 Å². The summed E-state index contributed by atoms with van der Waals surface area (Å²) in [6.07, 6.45) is 0.0527. The van der Waals surface area contributed by atoms with Crippen molar-refractivity contribution in [3.63, 3.8) is 0 Å². The summed E-state index contributed by atoms with van der Waals surface area (Å²) in [6, 6.07) is -0.450. The van der Waals surface area contributed by atoms with E-state index in [0.29, 0.717) is 12.8 Å². The van der Waals surface area contributed by atoms with Crippen molar-refractivity contribution in [3.05, 3.63) is 0 Å². The molecule has 0 radical (unpaired) electrons. The molecule has 0 aromatic heterocycles. The second kappa shape index (κ2) is 5.98. The number of amides is 2. The Hall–Kier alpha value is -1.67. The molecule has 0 saturated carbocycles. The van der Waals surface area contributed by atoms with Gasteiger partial charge in [-0.15, -0.1) is 0 Å². The molecule has 0 aromatic rings. The first-order valence-corrected chi connectivity index (χ1v) is 6.22. The third-order valence-corrected chi connectivity index (χ3v) is 3.22.